The van der Waals surface area contributed by atoms with Crippen LogP contribution < -0.4 is 15.4 Å². The zero-order chi connectivity index (χ0) is 20.1. The van der Waals surface area contributed by atoms with Crippen LogP contribution in [0.3, 0.4) is 0 Å². The van der Waals surface area contributed by atoms with Crippen molar-refractivity contribution in [2.75, 3.05) is 5.32 Å². The van der Waals surface area contributed by atoms with Crippen LogP contribution in [0.4, 0.5) is 5.69 Å². The van der Waals surface area contributed by atoms with Crippen LogP contribution in [0.1, 0.15) is 28.8 Å². The Morgan fingerprint density at radius 2 is 1.62 bits per heavy atom. The van der Waals surface area contributed by atoms with Crippen molar-refractivity contribution in [3.63, 3.8) is 0 Å². The van der Waals surface area contributed by atoms with E-state index in [0.29, 0.717) is 23.5 Å². The number of anilines is 1. The van der Waals surface area contributed by atoms with Gasteiger partial charge in [0, 0.05) is 23.7 Å². The first-order valence-corrected chi connectivity index (χ1v) is 9.68. The molecule has 0 aliphatic heterocycles. The quantitative estimate of drug-likeness (QED) is 0.615. The lowest BCUT2D eigenvalue weighted by Gasteiger charge is -2.10. The van der Waals surface area contributed by atoms with Gasteiger partial charge < -0.3 is 15.4 Å². The zero-order valence-corrected chi connectivity index (χ0v) is 15.9. The summed E-state index contributed by atoms with van der Waals surface area (Å²) in [4.78, 5) is 24.4. The van der Waals surface area contributed by atoms with Crippen LogP contribution in [0.25, 0.3) is 0 Å². The van der Waals surface area contributed by atoms with Gasteiger partial charge >= 0.3 is 0 Å². The number of para-hydroxylation sites is 1. The van der Waals surface area contributed by atoms with E-state index < -0.39 is 0 Å². The van der Waals surface area contributed by atoms with Gasteiger partial charge in [-0.3, -0.25) is 9.59 Å². The van der Waals surface area contributed by atoms with Crippen LogP contribution >= 0.6 is 0 Å². The van der Waals surface area contributed by atoms with Crippen molar-refractivity contribution in [3.05, 3.63) is 90.0 Å². The van der Waals surface area contributed by atoms with E-state index in [1.165, 1.54) is 0 Å². The molecule has 146 valence electrons. The molecule has 1 aliphatic rings. The molecule has 2 N–H and O–H groups in total. The highest BCUT2D eigenvalue weighted by Crippen LogP contribution is 2.30. The Labute approximate surface area is 169 Å². The first kappa shape index (κ1) is 18.7. The number of ether oxygens (including phenoxy) is 1. The predicted octanol–water partition coefficient (Wildman–Crippen LogP) is 4.76. The number of amides is 2. The molecular formula is C24H22N2O3. The fraction of sp³-hybridized carbons (Fsp3) is 0.167. The highest BCUT2D eigenvalue weighted by molar-refractivity contribution is 5.98. The summed E-state index contributed by atoms with van der Waals surface area (Å²) < 4.78 is 5.83. The van der Waals surface area contributed by atoms with Crippen molar-refractivity contribution >= 4 is 17.5 Å². The number of nitrogens with one attached hydrogen (secondary N) is 2. The van der Waals surface area contributed by atoms with Crippen LogP contribution in [0.15, 0.2) is 78.9 Å². The maximum absolute atomic E-state index is 12.5. The van der Waals surface area contributed by atoms with Gasteiger partial charge in [0.05, 0.1) is 0 Å². The second kappa shape index (κ2) is 8.61. The molecule has 1 saturated carbocycles. The molecule has 0 saturated heterocycles. The molecule has 29 heavy (non-hydrogen) atoms. The molecule has 4 rings (SSSR count). The topological polar surface area (TPSA) is 67.4 Å². The number of hydrogen-bond donors (Lipinski definition) is 2. The molecule has 3 aromatic rings. The van der Waals surface area contributed by atoms with Crippen LogP contribution in [0.5, 0.6) is 11.5 Å². The number of rotatable bonds is 7. The SMILES string of the molecule is O=C(NCc1cccc(Oc2ccccc2)c1)c1cccc(NC(=O)C2CC2)c1. The van der Waals surface area contributed by atoms with E-state index in [2.05, 4.69) is 10.6 Å². The molecule has 0 radical (unpaired) electrons. The van der Waals surface area contributed by atoms with Crippen LogP contribution in [0.2, 0.25) is 0 Å². The maximum atomic E-state index is 12.5. The molecule has 5 heteroatoms. The molecule has 0 spiro atoms. The van der Waals surface area contributed by atoms with Gasteiger partial charge in [0.25, 0.3) is 5.91 Å². The average Bonchev–Trinajstić information content (AvgIpc) is 3.59. The fourth-order valence-electron chi connectivity index (χ4n) is 2.96. The van der Waals surface area contributed by atoms with E-state index >= 15 is 0 Å². The minimum Gasteiger partial charge on any atom is -0.457 e. The Balaban J connectivity index is 1.36. The highest BCUT2D eigenvalue weighted by atomic mass is 16.5. The monoisotopic (exact) mass is 386 g/mol. The molecule has 0 atom stereocenters. The Bertz CT molecular complexity index is 1010. The molecule has 3 aromatic carbocycles. The molecule has 2 amide bonds. The maximum Gasteiger partial charge on any atom is 0.251 e. The summed E-state index contributed by atoms with van der Waals surface area (Å²) in [6.45, 7) is 0.378. The lowest BCUT2D eigenvalue weighted by molar-refractivity contribution is -0.117. The standard InChI is InChI=1S/C24H22N2O3/c27-23(19-7-5-8-20(15-19)26-24(28)18-12-13-18)25-16-17-6-4-11-22(14-17)29-21-9-2-1-3-10-21/h1-11,14-15,18H,12-13,16H2,(H,25,27)(H,26,28). The molecule has 1 aliphatic carbocycles. The van der Waals surface area contributed by atoms with Crippen molar-refractivity contribution in [2.45, 2.75) is 19.4 Å². The summed E-state index contributed by atoms with van der Waals surface area (Å²) in [5.41, 5.74) is 2.09. The number of carbonyl (C=O) groups is 2. The summed E-state index contributed by atoms with van der Waals surface area (Å²) in [5, 5.41) is 5.78. The van der Waals surface area contributed by atoms with E-state index in [4.69, 9.17) is 4.74 Å². The first-order valence-electron chi connectivity index (χ1n) is 9.68. The summed E-state index contributed by atoms with van der Waals surface area (Å²) in [7, 11) is 0. The zero-order valence-electron chi connectivity index (χ0n) is 15.9. The van der Waals surface area contributed by atoms with Gasteiger partial charge in [-0.25, -0.2) is 0 Å². The summed E-state index contributed by atoms with van der Waals surface area (Å²) in [6.07, 6.45) is 1.89. The second-order valence-corrected chi connectivity index (χ2v) is 7.09. The van der Waals surface area contributed by atoms with E-state index in [0.717, 1.165) is 24.2 Å². The molecular weight excluding hydrogens is 364 g/mol. The van der Waals surface area contributed by atoms with Crippen molar-refractivity contribution in [2.24, 2.45) is 5.92 Å². The largest absolute Gasteiger partial charge is 0.457 e. The Kier molecular flexibility index (Phi) is 5.56. The Morgan fingerprint density at radius 3 is 2.41 bits per heavy atom. The molecule has 1 fully saturated rings. The van der Waals surface area contributed by atoms with Crippen LogP contribution in [-0.4, -0.2) is 11.8 Å². The minimum absolute atomic E-state index is 0.0257. The number of hydrogen-bond acceptors (Lipinski definition) is 3. The number of benzene rings is 3. The molecule has 0 unspecified atom stereocenters. The van der Waals surface area contributed by atoms with Crippen LogP contribution in [-0.2, 0) is 11.3 Å². The smallest absolute Gasteiger partial charge is 0.251 e. The molecule has 5 nitrogen and oxygen atoms in total. The summed E-state index contributed by atoms with van der Waals surface area (Å²) in [6, 6.07) is 24.2. The summed E-state index contributed by atoms with van der Waals surface area (Å²) in [5.74, 6) is 1.43. The highest BCUT2D eigenvalue weighted by Gasteiger charge is 2.29. The lowest BCUT2D eigenvalue weighted by Crippen LogP contribution is -2.23. The second-order valence-electron chi connectivity index (χ2n) is 7.09. The van der Waals surface area contributed by atoms with Crippen LogP contribution in [0, 0.1) is 5.92 Å². The first-order chi connectivity index (χ1) is 14.2. The Hall–Kier alpha value is -3.60. The number of carbonyl (C=O) groups excluding carboxylic acids is 2. The van der Waals surface area contributed by atoms with E-state index in [1.54, 1.807) is 24.3 Å². The van der Waals surface area contributed by atoms with E-state index in [9.17, 15) is 9.59 Å². The van der Waals surface area contributed by atoms with Gasteiger partial charge in [-0.1, -0.05) is 36.4 Å². The van der Waals surface area contributed by atoms with Crippen molar-refractivity contribution < 1.29 is 14.3 Å². The predicted molar refractivity (Wildman–Crippen MR) is 112 cm³/mol. The van der Waals surface area contributed by atoms with Gasteiger partial charge in [0.1, 0.15) is 11.5 Å². The average molecular weight is 386 g/mol. The van der Waals surface area contributed by atoms with Crippen molar-refractivity contribution in [1.82, 2.24) is 5.32 Å². The minimum atomic E-state index is -0.193. The van der Waals surface area contributed by atoms with Gasteiger partial charge in [-0.15, -0.1) is 0 Å². The third kappa shape index (κ3) is 5.23. The third-order valence-corrected chi connectivity index (χ3v) is 4.67. The molecule has 0 aromatic heterocycles. The third-order valence-electron chi connectivity index (χ3n) is 4.67. The molecule has 0 heterocycles. The fourth-order valence-corrected chi connectivity index (χ4v) is 2.96. The van der Waals surface area contributed by atoms with Crippen molar-refractivity contribution in [3.8, 4) is 11.5 Å². The van der Waals surface area contributed by atoms with E-state index in [1.807, 2.05) is 54.6 Å². The van der Waals surface area contributed by atoms with Gasteiger partial charge in [-0.2, -0.15) is 0 Å². The van der Waals surface area contributed by atoms with Gasteiger partial charge in [-0.05, 0) is 60.9 Å². The van der Waals surface area contributed by atoms with E-state index in [-0.39, 0.29) is 17.7 Å². The lowest BCUT2D eigenvalue weighted by atomic mass is 10.1. The van der Waals surface area contributed by atoms with Crippen molar-refractivity contribution in [1.29, 1.82) is 0 Å². The normalized spacial score (nSPS) is 12.8. The summed E-state index contributed by atoms with van der Waals surface area (Å²) >= 11 is 0. The van der Waals surface area contributed by atoms with Gasteiger partial charge in [0.15, 0.2) is 0 Å². The van der Waals surface area contributed by atoms with Gasteiger partial charge in [0.2, 0.25) is 5.91 Å². The molecule has 0 bridgehead atoms. The Morgan fingerprint density at radius 1 is 0.862 bits per heavy atom.